The fraction of sp³-hybridized carbons (Fsp3) is 0.556. The standard InChI is InChI=1S/C27H36N4O7/c1-27(2,3)38-20(34)14-31-18-9-7-6-8-17(18)22-21(26(31)36)24(37-5)23(29(22)4)25(35)28-16-10-12-30(13-11-16)19(33)15-32/h6-9,16,23-24,32H,10-15H2,1-5H3,(H,28,35). The molecule has 0 bridgehead atoms. The Morgan fingerprint density at radius 2 is 1.79 bits per heavy atom. The summed E-state index contributed by atoms with van der Waals surface area (Å²) in [4.78, 5) is 55.2. The maximum absolute atomic E-state index is 13.8. The van der Waals surface area contributed by atoms with Crippen molar-refractivity contribution in [3.8, 4) is 0 Å². The van der Waals surface area contributed by atoms with Crippen LogP contribution in [0, 0.1) is 0 Å². The van der Waals surface area contributed by atoms with Crippen molar-refractivity contribution in [2.24, 2.45) is 0 Å². The van der Waals surface area contributed by atoms with Crippen LogP contribution >= 0.6 is 0 Å². The number of nitrogens with one attached hydrogen (secondary N) is 1. The molecule has 2 N–H and O–H groups in total. The van der Waals surface area contributed by atoms with E-state index in [9.17, 15) is 19.2 Å². The number of piperidine rings is 1. The molecule has 11 heteroatoms. The number of likely N-dealkylation sites (N-methyl/N-ethyl adjacent to an activating group) is 1. The molecule has 38 heavy (non-hydrogen) atoms. The molecule has 2 aliphatic rings. The van der Waals surface area contributed by atoms with E-state index in [-0.39, 0.29) is 24.4 Å². The first-order chi connectivity index (χ1) is 18.0. The van der Waals surface area contributed by atoms with Crippen molar-refractivity contribution < 1.29 is 29.0 Å². The number of rotatable bonds is 6. The molecule has 11 nitrogen and oxygen atoms in total. The van der Waals surface area contributed by atoms with Crippen molar-refractivity contribution in [2.45, 2.75) is 63.9 Å². The number of carbonyl (C=O) groups excluding carboxylic acids is 3. The summed E-state index contributed by atoms with van der Waals surface area (Å²) in [7, 11) is 3.22. The summed E-state index contributed by atoms with van der Waals surface area (Å²) >= 11 is 0. The van der Waals surface area contributed by atoms with Crippen LogP contribution in [0.15, 0.2) is 29.1 Å². The number of esters is 1. The van der Waals surface area contributed by atoms with Gasteiger partial charge >= 0.3 is 5.97 Å². The Kier molecular flexibility index (Phi) is 7.80. The second-order valence-electron chi connectivity index (χ2n) is 10.8. The smallest absolute Gasteiger partial charge is 0.326 e. The quantitative estimate of drug-likeness (QED) is 0.530. The van der Waals surface area contributed by atoms with Gasteiger partial charge < -0.3 is 29.7 Å². The van der Waals surface area contributed by atoms with Gasteiger partial charge in [-0.3, -0.25) is 23.7 Å². The molecule has 4 rings (SSSR count). The number of nitrogens with zero attached hydrogens (tertiary/aromatic N) is 3. The summed E-state index contributed by atoms with van der Waals surface area (Å²) in [6.07, 6.45) is 0.266. The van der Waals surface area contributed by atoms with Crippen LogP contribution in [0.3, 0.4) is 0 Å². The van der Waals surface area contributed by atoms with Crippen molar-refractivity contribution in [1.82, 2.24) is 14.8 Å². The fourth-order valence-electron chi connectivity index (χ4n) is 5.43. The lowest BCUT2D eigenvalue weighted by molar-refractivity contribution is -0.155. The van der Waals surface area contributed by atoms with E-state index in [1.807, 2.05) is 12.1 Å². The molecule has 1 aromatic carbocycles. The topological polar surface area (TPSA) is 130 Å². The summed E-state index contributed by atoms with van der Waals surface area (Å²) in [6.45, 7) is 5.38. The minimum Gasteiger partial charge on any atom is -0.459 e. The van der Waals surface area contributed by atoms with E-state index in [1.54, 1.807) is 49.8 Å². The maximum atomic E-state index is 13.8. The Labute approximate surface area is 221 Å². The second-order valence-corrected chi connectivity index (χ2v) is 10.8. The molecule has 0 radical (unpaired) electrons. The number of aliphatic hydroxyl groups excluding tert-OH is 1. The Balaban J connectivity index is 1.65. The number of aliphatic hydroxyl groups is 1. The van der Waals surface area contributed by atoms with Crippen LogP contribution in [0.25, 0.3) is 10.9 Å². The zero-order chi connectivity index (χ0) is 27.8. The third kappa shape index (κ3) is 5.25. The van der Waals surface area contributed by atoms with Crippen molar-refractivity contribution in [3.05, 3.63) is 40.2 Å². The first-order valence-electron chi connectivity index (χ1n) is 12.8. The third-order valence-electron chi connectivity index (χ3n) is 7.08. The number of likely N-dealkylation sites (tertiary alicyclic amines) is 1. The molecule has 2 aromatic rings. The summed E-state index contributed by atoms with van der Waals surface area (Å²) in [5.74, 6) is -1.15. The Bertz CT molecular complexity index is 1290. The van der Waals surface area contributed by atoms with Gasteiger partial charge in [0.1, 0.15) is 30.9 Å². The molecule has 206 valence electrons. The van der Waals surface area contributed by atoms with Gasteiger partial charge in [0, 0.05) is 38.7 Å². The van der Waals surface area contributed by atoms with Gasteiger partial charge in [0.25, 0.3) is 5.56 Å². The van der Waals surface area contributed by atoms with Gasteiger partial charge in [-0.05, 0) is 39.7 Å². The molecule has 0 saturated carbocycles. The van der Waals surface area contributed by atoms with Gasteiger partial charge in [-0.25, -0.2) is 0 Å². The van der Waals surface area contributed by atoms with Crippen LogP contribution in [0.4, 0.5) is 5.69 Å². The number of carbonyl (C=O) groups is 3. The molecular weight excluding hydrogens is 492 g/mol. The molecule has 0 spiro atoms. The zero-order valence-corrected chi connectivity index (χ0v) is 22.5. The summed E-state index contributed by atoms with van der Waals surface area (Å²) < 4.78 is 12.6. The summed E-state index contributed by atoms with van der Waals surface area (Å²) in [5.41, 5.74) is 0.370. The highest BCUT2D eigenvalue weighted by atomic mass is 16.6. The zero-order valence-electron chi connectivity index (χ0n) is 22.5. The number of hydrogen-bond donors (Lipinski definition) is 2. The minimum absolute atomic E-state index is 0.152. The molecule has 2 atom stereocenters. The predicted molar refractivity (Wildman–Crippen MR) is 141 cm³/mol. The average Bonchev–Trinajstić information content (AvgIpc) is 3.18. The Morgan fingerprint density at radius 3 is 2.39 bits per heavy atom. The monoisotopic (exact) mass is 528 g/mol. The molecule has 3 heterocycles. The van der Waals surface area contributed by atoms with Crippen molar-refractivity contribution in [2.75, 3.05) is 38.8 Å². The minimum atomic E-state index is -0.854. The van der Waals surface area contributed by atoms with Crippen molar-refractivity contribution in [3.63, 3.8) is 0 Å². The lowest BCUT2D eigenvalue weighted by atomic mass is 10.0. The molecule has 2 unspecified atom stereocenters. The number of benzene rings is 1. The highest BCUT2D eigenvalue weighted by molar-refractivity contribution is 6.00. The molecule has 1 saturated heterocycles. The van der Waals surface area contributed by atoms with Gasteiger partial charge in [0.15, 0.2) is 0 Å². The first-order valence-corrected chi connectivity index (χ1v) is 12.8. The number of para-hydroxylation sites is 1. The first kappa shape index (κ1) is 27.6. The number of pyridine rings is 1. The van der Waals surface area contributed by atoms with Gasteiger partial charge in [-0.2, -0.15) is 0 Å². The molecule has 2 aliphatic heterocycles. The van der Waals surface area contributed by atoms with E-state index < -0.39 is 35.9 Å². The molecular formula is C27H36N4O7. The second kappa shape index (κ2) is 10.7. The van der Waals surface area contributed by atoms with E-state index in [4.69, 9.17) is 14.6 Å². The van der Waals surface area contributed by atoms with Crippen molar-refractivity contribution in [1.29, 1.82) is 0 Å². The number of amides is 2. The molecule has 1 aromatic heterocycles. The van der Waals surface area contributed by atoms with E-state index >= 15 is 0 Å². The van der Waals surface area contributed by atoms with E-state index in [0.717, 1.165) is 5.39 Å². The van der Waals surface area contributed by atoms with Crippen LogP contribution in [0.1, 0.15) is 45.3 Å². The average molecular weight is 529 g/mol. The SMILES string of the molecule is COC1c2c(c3ccccc3n(CC(=O)OC(C)(C)C)c2=O)N(C)C1C(=O)NC1CCN(C(=O)CO)CC1. The number of ether oxygens (including phenoxy) is 2. The number of hydrogen-bond acceptors (Lipinski definition) is 8. The molecule has 1 fully saturated rings. The van der Waals surface area contributed by atoms with Gasteiger partial charge in [-0.15, -0.1) is 0 Å². The third-order valence-corrected chi connectivity index (χ3v) is 7.08. The highest BCUT2D eigenvalue weighted by Crippen LogP contribution is 2.43. The maximum Gasteiger partial charge on any atom is 0.326 e. The lowest BCUT2D eigenvalue weighted by Crippen LogP contribution is -2.52. The highest BCUT2D eigenvalue weighted by Gasteiger charge is 2.45. The normalized spacial score (nSPS) is 19.9. The van der Waals surface area contributed by atoms with Gasteiger partial charge in [-0.1, -0.05) is 18.2 Å². The number of fused-ring (bicyclic) bond motifs is 3. The van der Waals surface area contributed by atoms with Crippen LogP contribution in [0.5, 0.6) is 0 Å². The van der Waals surface area contributed by atoms with Crippen LogP contribution in [-0.2, 0) is 30.4 Å². The Hall–Kier alpha value is -3.44. The van der Waals surface area contributed by atoms with Gasteiger partial charge in [0.05, 0.1) is 16.8 Å². The number of methoxy groups -OCH3 is 1. The van der Waals surface area contributed by atoms with Gasteiger partial charge in [0.2, 0.25) is 11.8 Å². The van der Waals surface area contributed by atoms with Crippen molar-refractivity contribution >= 4 is 34.4 Å². The van der Waals surface area contributed by atoms with E-state index in [2.05, 4.69) is 5.32 Å². The lowest BCUT2D eigenvalue weighted by Gasteiger charge is -2.34. The summed E-state index contributed by atoms with van der Waals surface area (Å²) in [6, 6.07) is 6.30. The fourth-order valence-corrected chi connectivity index (χ4v) is 5.43. The predicted octanol–water partition coefficient (Wildman–Crippen LogP) is 0.949. The van der Waals surface area contributed by atoms with E-state index in [1.165, 1.54) is 11.7 Å². The summed E-state index contributed by atoms with van der Waals surface area (Å²) in [5, 5.41) is 12.9. The van der Waals surface area contributed by atoms with Crippen LogP contribution in [0.2, 0.25) is 0 Å². The molecule has 2 amide bonds. The van der Waals surface area contributed by atoms with E-state index in [0.29, 0.717) is 42.7 Å². The van der Waals surface area contributed by atoms with Crippen LogP contribution in [-0.4, -0.2) is 83.9 Å². The Morgan fingerprint density at radius 1 is 1.13 bits per heavy atom. The number of aromatic nitrogens is 1. The van der Waals surface area contributed by atoms with Crippen LogP contribution < -0.4 is 15.8 Å². The number of anilines is 1. The molecule has 0 aliphatic carbocycles. The largest absolute Gasteiger partial charge is 0.459 e.